The SMILES string of the molecule is CN1CCC(CCNC(=O)CCC(=O)O)C1. The Morgan fingerprint density at radius 1 is 1.44 bits per heavy atom. The first-order valence-corrected chi connectivity index (χ1v) is 5.75. The van der Waals surface area contributed by atoms with Crippen LogP contribution in [0.25, 0.3) is 0 Å². The maximum atomic E-state index is 11.2. The van der Waals surface area contributed by atoms with Gasteiger partial charge in [0.05, 0.1) is 6.42 Å². The number of aliphatic carboxylic acids is 1. The first kappa shape index (κ1) is 13.0. The standard InChI is InChI=1S/C11H20N2O3/c1-13-7-5-9(8-13)4-6-12-10(14)2-3-11(15)16/h9H,2-8H2,1H3,(H,12,14)(H,15,16). The second kappa shape index (κ2) is 6.48. The lowest BCUT2D eigenvalue weighted by Crippen LogP contribution is -2.26. The van der Waals surface area contributed by atoms with Crippen LogP contribution in [0, 0.1) is 5.92 Å². The highest BCUT2D eigenvalue weighted by molar-refractivity contribution is 5.80. The summed E-state index contributed by atoms with van der Waals surface area (Å²) in [5.74, 6) is -0.411. The van der Waals surface area contributed by atoms with Gasteiger partial charge in [0.1, 0.15) is 0 Å². The molecule has 1 rings (SSSR count). The zero-order chi connectivity index (χ0) is 12.0. The van der Waals surface area contributed by atoms with Crippen LogP contribution in [-0.4, -0.2) is 48.6 Å². The highest BCUT2D eigenvalue weighted by atomic mass is 16.4. The molecule has 1 atom stereocenters. The maximum absolute atomic E-state index is 11.2. The van der Waals surface area contributed by atoms with Gasteiger partial charge in [-0.15, -0.1) is 0 Å². The Morgan fingerprint density at radius 2 is 2.19 bits per heavy atom. The number of amides is 1. The Morgan fingerprint density at radius 3 is 2.75 bits per heavy atom. The van der Waals surface area contributed by atoms with Crippen LogP contribution in [0.15, 0.2) is 0 Å². The first-order valence-electron chi connectivity index (χ1n) is 5.75. The molecule has 0 aromatic rings. The van der Waals surface area contributed by atoms with Crippen LogP contribution in [0.3, 0.4) is 0 Å². The zero-order valence-corrected chi connectivity index (χ0v) is 9.74. The Hall–Kier alpha value is -1.10. The molecule has 0 aromatic heterocycles. The van der Waals surface area contributed by atoms with Crippen LogP contribution < -0.4 is 5.32 Å². The molecule has 16 heavy (non-hydrogen) atoms. The van der Waals surface area contributed by atoms with E-state index in [9.17, 15) is 9.59 Å². The molecule has 1 heterocycles. The van der Waals surface area contributed by atoms with E-state index < -0.39 is 5.97 Å². The Kier molecular flexibility index (Phi) is 5.25. The highest BCUT2D eigenvalue weighted by Crippen LogP contribution is 2.16. The fraction of sp³-hybridized carbons (Fsp3) is 0.818. The second-order valence-electron chi connectivity index (χ2n) is 4.45. The Balaban J connectivity index is 2.02. The predicted molar refractivity (Wildman–Crippen MR) is 60.1 cm³/mol. The number of rotatable bonds is 6. The van der Waals surface area contributed by atoms with Crippen molar-refractivity contribution in [2.75, 3.05) is 26.7 Å². The number of nitrogens with zero attached hydrogens (tertiary/aromatic N) is 1. The third kappa shape index (κ3) is 5.11. The van der Waals surface area contributed by atoms with Crippen molar-refractivity contribution in [2.24, 2.45) is 5.92 Å². The molecule has 1 saturated heterocycles. The fourth-order valence-corrected chi connectivity index (χ4v) is 1.99. The maximum Gasteiger partial charge on any atom is 0.303 e. The van der Waals surface area contributed by atoms with Crippen molar-refractivity contribution in [2.45, 2.75) is 25.7 Å². The van der Waals surface area contributed by atoms with Gasteiger partial charge in [0.2, 0.25) is 5.91 Å². The molecular weight excluding hydrogens is 208 g/mol. The summed E-state index contributed by atoms with van der Waals surface area (Å²) in [6.45, 7) is 2.90. The Labute approximate surface area is 95.8 Å². The van der Waals surface area contributed by atoms with Crippen molar-refractivity contribution in [1.29, 1.82) is 0 Å². The number of carboxylic acid groups (broad SMARTS) is 1. The second-order valence-corrected chi connectivity index (χ2v) is 4.45. The van der Waals surface area contributed by atoms with E-state index in [1.165, 1.54) is 6.42 Å². The topological polar surface area (TPSA) is 69.6 Å². The van der Waals surface area contributed by atoms with Gasteiger partial charge in [0.15, 0.2) is 0 Å². The molecule has 0 aromatic carbocycles. The lowest BCUT2D eigenvalue weighted by atomic mass is 10.1. The molecule has 0 spiro atoms. The molecule has 5 nitrogen and oxygen atoms in total. The van der Waals surface area contributed by atoms with Crippen molar-refractivity contribution in [1.82, 2.24) is 10.2 Å². The summed E-state index contributed by atoms with van der Waals surface area (Å²) in [4.78, 5) is 23.7. The zero-order valence-electron chi connectivity index (χ0n) is 9.74. The molecular formula is C11H20N2O3. The highest BCUT2D eigenvalue weighted by Gasteiger charge is 2.18. The normalized spacial score (nSPS) is 20.9. The Bertz CT molecular complexity index is 256. The quantitative estimate of drug-likeness (QED) is 0.686. The minimum atomic E-state index is -0.924. The molecule has 92 valence electrons. The van der Waals surface area contributed by atoms with Gasteiger partial charge in [-0.2, -0.15) is 0 Å². The molecule has 1 fully saturated rings. The molecule has 5 heteroatoms. The fourth-order valence-electron chi connectivity index (χ4n) is 1.99. The minimum absolute atomic E-state index is 0.0832. The number of carbonyl (C=O) groups excluding carboxylic acids is 1. The number of carbonyl (C=O) groups is 2. The summed E-state index contributed by atoms with van der Waals surface area (Å²) in [5.41, 5.74) is 0. The summed E-state index contributed by atoms with van der Waals surface area (Å²) in [5, 5.41) is 11.2. The molecule has 1 unspecified atom stereocenters. The van der Waals surface area contributed by atoms with Gasteiger partial charge < -0.3 is 15.3 Å². The predicted octanol–water partition coefficient (Wildman–Crippen LogP) is 0.309. The average Bonchev–Trinajstić information content (AvgIpc) is 2.61. The van der Waals surface area contributed by atoms with Crippen LogP contribution in [0.4, 0.5) is 0 Å². The molecule has 1 aliphatic heterocycles. The lowest BCUT2D eigenvalue weighted by molar-refractivity contribution is -0.138. The minimum Gasteiger partial charge on any atom is -0.481 e. The van der Waals surface area contributed by atoms with Crippen LogP contribution >= 0.6 is 0 Å². The van der Waals surface area contributed by atoms with E-state index in [0.29, 0.717) is 12.5 Å². The van der Waals surface area contributed by atoms with Gasteiger partial charge >= 0.3 is 5.97 Å². The summed E-state index contributed by atoms with van der Waals surface area (Å²) in [7, 11) is 2.10. The van der Waals surface area contributed by atoms with Gasteiger partial charge in [-0.3, -0.25) is 9.59 Å². The summed E-state index contributed by atoms with van der Waals surface area (Å²) >= 11 is 0. The summed E-state index contributed by atoms with van der Waals surface area (Å²) in [6, 6.07) is 0. The van der Waals surface area contributed by atoms with E-state index in [1.54, 1.807) is 0 Å². The first-order chi connectivity index (χ1) is 7.58. The monoisotopic (exact) mass is 228 g/mol. The van der Waals surface area contributed by atoms with Gasteiger partial charge in [0.25, 0.3) is 0 Å². The molecule has 0 saturated carbocycles. The van der Waals surface area contributed by atoms with Gasteiger partial charge in [-0.05, 0) is 32.4 Å². The molecule has 0 aliphatic carbocycles. The number of likely N-dealkylation sites (tertiary alicyclic amines) is 1. The van der Waals surface area contributed by atoms with Crippen molar-refractivity contribution >= 4 is 11.9 Å². The number of nitrogens with one attached hydrogen (secondary N) is 1. The van der Waals surface area contributed by atoms with Crippen LogP contribution in [0.2, 0.25) is 0 Å². The van der Waals surface area contributed by atoms with Crippen LogP contribution in [0.5, 0.6) is 0 Å². The van der Waals surface area contributed by atoms with Crippen molar-refractivity contribution in [3.63, 3.8) is 0 Å². The molecule has 1 aliphatic rings. The molecule has 0 radical (unpaired) electrons. The van der Waals surface area contributed by atoms with Crippen LogP contribution in [-0.2, 0) is 9.59 Å². The van der Waals surface area contributed by atoms with E-state index >= 15 is 0 Å². The summed E-state index contributed by atoms with van der Waals surface area (Å²) in [6.07, 6.45) is 2.18. The molecule has 1 amide bonds. The largest absolute Gasteiger partial charge is 0.481 e. The van der Waals surface area contributed by atoms with E-state index in [0.717, 1.165) is 19.5 Å². The molecule has 2 N–H and O–H groups in total. The molecule has 0 bridgehead atoms. The van der Waals surface area contributed by atoms with Gasteiger partial charge in [-0.1, -0.05) is 0 Å². The summed E-state index contributed by atoms with van der Waals surface area (Å²) < 4.78 is 0. The average molecular weight is 228 g/mol. The smallest absolute Gasteiger partial charge is 0.303 e. The number of hydrogen-bond donors (Lipinski definition) is 2. The van der Waals surface area contributed by atoms with Gasteiger partial charge in [-0.25, -0.2) is 0 Å². The van der Waals surface area contributed by atoms with Crippen molar-refractivity contribution < 1.29 is 14.7 Å². The third-order valence-corrected chi connectivity index (χ3v) is 2.93. The number of hydrogen-bond acceptors (Lipinski definition) is 3. The third-order valence-electron chi connectivity index (χ3n) is 2.93. The van der Waals surface area contributed by atoms with E-state index in [-0.39, 0.29) is 18.7 Å². The number of carboxylic acids is 1. The van der Waals surface area contributed by atoms with E-state index in [2.05, 4.69) is 17.3 Å². The van der Waals surface area contributed by atoms with Crippen molar-refractivity contribution in [3.8, 4) is 0 Å². The van der Waals surface area contributed by atoms with Gasteiger partial charge in [0, 0.05) is 19.5 Å². The van der Waals surface area contributed by atoms with E-state index in [1.807, 2.05) is 0 Å². The van der Waals surface area contributed by atoms with Crippen molar-refractivity contribution in [3.05, 3.63) is 0 Å². The lowest BCUT2D eigenvalue weighted by Gasteiger charge is -2.10. The van der Waals surface area contributed by atoms with Crippen LogP contribution in [0.1, 0.15) is 25.7 Å². The van der Waals surface area contributed by atoms with E-state index in [4.69, 9.17) is 5.11 Å².